The minimum Gasteiger partial charge on any atom is -0.457 e. The second-order valence-corrected chi connectivity index (χ2v) is 9.77. The molecule has 0 radical (unpaired) electrons. The van der Waals surface area contributed by atoms with Crippen LogP contribution in [0.1, 0.15) is 5.56 Å². The molecule has 1 N–H and O–H groups in total. The molecular formula is C27H22F2N2O4S. The Labute approximate surface area is 207 Å². The number of carbonyl (C=O) groups excluding carboxylic acids is 1. The molecule has 0 aliphatic carbocycles. The molecule has 0 unspecified atom stereocenters. The van der Waals surface area contributed by atoms with Crippen LogP contribution in [0.25, 0.3) is 0 Å². The Balaban J connectivity index is 1.62. The summed E-state index contributed by atoms with van der Waals surface area (Å²) in [5, 5.41) is 2.41. The molecule has 0 saturated heterocycles. The molecule has 4 aromatic rings. The van der Waals surface area contributed by atoms with Crippen molar-refractivity contribution in [2.45, 2.75) is 11.8 Å². The molecule has 0 aliphatic heterocycles. The first-order chi connectivity index (χ1) is 17.2. The first-order valence-electron chi connectivity index (χ1n) is 10.9. The van der Waals surface area contributed by atoms with Gasteiger partial charge in [-0.2, -0.15) is 0 Å². The van der Waals surface area contributed by atoms with Crippen LogP contribution in [0.5, 0.6) is 11.5 Å². The fourth-order valence-electron chi connectivity index (χ4n) is 3.36. The molecule has 184 valence electrons. The second-order valence-electron chi connectivity index (χ2n) is 7.91. The van der Waals surface area contributed by atoms with Crippen LogP contribution in [-0.4, -0.2) is 20.9 Å². The largest absolute Gasteiger partial charge is 0.457 e. The smallest absolute Gasteiger partial charge is 0.264 e. The van der Waals surface area contributed by atoms with Gasteiger partial charge in [0.15, 0.2) is 11.6 Å². The maximum absolute atomic E-state index is 13.5. The maximum Gasteiger partial charge on any atom is 0.264 e. The summed E-state index contributed by atoms with van der Waals surface area (Å²) in [5.41, 5.74) is 1.09. The lowest BCUT2D eigenvalue weighted by Crippen LogP contribution is -2.38. The van der Waals surface area contributed by atoms with Crippen LogP contribution in [-0.2, 0) is 14.8 Å². The van der Waals surface area contributed by atoms with Crippen LogP contribution < -0.4 is 14.4 Å². The van der Waals surface area contributed by atoms with Crippen LogP contribution >= 0.6 is 0 Å². The molecule has 0 atom stereocenters. The summed E-state index contributed by atoms with van der Waals surface area (Å²) in [6.45, 7) is 1.23. The number of anilines is 2. The number of nitrogens with one attached hydrogen (secondary N) is 1. The van der Waals surface area contributed by atoms with Crippen LogP contribution in [0.15, 0.2) is 102 Å². The zero-order valence-corrected chi connectivity index (χ0v) is 20.0. The predicted octanol–water partition coefficient (Wildman–Crippen LogP) is 5.90. The molecule has 9 heteroatoms. The van der Waals surface area contributed by atoms with E-state index in [9.17, 15) is 22.0 Å². The standard InChI is InChI=1S/C27H22F2N2O4S/c1-19-7-14-24(15-8-19)36(33,34)31(18-27(32)30-20-9-16-25(28)26(29)17-20)21-10-12-23(13-11-21)35-22-5-3-2-4-6-22/h2-17H,18H2,1H3,(H,30,32). The number of hydrogen-bond acceptors (Lipinski definition) is 4. The predicted molar refractivity (Wildman–Crippen MR) is 134 cm³/mol. The van der Waals surface area contributed by atoms with E-state index in [0.29, 0.717) is 11.5 Å². The van der Waals surface area contributed by atoms with Gasteiger partial charge in [-0.05, 0) is 67.6 Å². The number of sulfonamides is 1. The number of aryl methyl sites for hydroxylation is 1. The lowest BCUT2D eigenvalue weighted by Gasteiger charge is -2.24. The number of halogens is 2. The summed E-state index contributed by atoms with van der Waals surface area (Å²) in [7, 11) is -4.15. The third-order valence-corrected chi connectivity index (χ3v) is 6.99. The number of para-hydroxylation sites is 1. The van der Waals surface area contributed by atoms with E-state index in [4.69, 9.17) is 4.74 Å². The average molecular weight is 509 g/mol. The lowest BCUT2D eigenvalue weighted by atomic mass is 10.2. The van der Waals surface area contributed by atoms with Crippen molar-refractivity contribution >= 4 is 27.3 Å². The summed E-state index contributed by atoms with van der Waals surface area (Å²) in [6.07, 6.45) is 0. The molecule has 4 aromatic carbocycles. The normalized spacial score (nSPS) is 11.1. The zero-order chi connectivity index (χ0) is 25.7. The summed E-state index contributed by atoms with van der Waals surface area (Å²) >= 11 is 0. The maximum atomic E-state index is 13.5. The molecular weight excluding hydrogens is 486 g/mol. The first-order valence-corrected chi connectivity index (χ1v) is 12.3. The highest BCUT2D eigenvalue weighted by atomic mass is 32.2. The van der Waals surface area contributed by atoms with Crippen LogP contribution in [0.2, 0.25) is 0 Å². The SMILES string of the molecule is Cc1ccc(S(=O)(=O)N(CC(=O)Nc2ccc(F)c(F)c2)c2ccc(Oc3ccccc3)cc2)cc1. The summed E-state index contributed by atoms with van der Waals surface area (Å²) in [5.74, 6) is -1.84. The van der Waals surface area contributed by atoms with E-state index >= 15 is 0 Å². The van der Waals surface area contributed by atoms with E-state index in [1.54, 1.807) is 36.4 Å². The Hall–Kier alpha value is -4.24. The number of carbonyl (C=O) groups is 1. The van der Waals surface area contributed by atoms with Gasteiger partial charge < -0.3 is 10.1 Å². The van der Waals surface area contributed by atoms with E-state index in [2.05, 4.69) is 5.32 Å². The number of nitrogens with zero attached hydrogens (tertiary/aromatic N) is 1. The molecule has 0 bridgehead atoms. The molecule has 0 aliphatic rings. The molecule has 0 spiro atoms. The van der Waals surface area contributed by atoms with Crippen molar-refractivity contribution < 1.29 is 26.7 Å². The molecule has 0 fully saturated rings. The number of ether oxygens (including phenoxy) is 1. The number of hydrogen-bond donors (Lipinski definition) is 1. The van der Waals surface area contributed by atoms with Gasteiger partial charge in [-0.25, -0.2) is 17.2 Å². The van der Waals surface area contributed by atoms with Gasteiger partial charge in [-0.15, -0.1) is 0 Å². The fraction of sp³-hybridized carbons (Fsp3) is 0.0741. The Morgan fingerprint density at radius 1 is 0.833 bits per heavy atom. The van der Waals surface area contributed by atoms with Crippen molar-refractivity contribution in [3.63, 3.8) is 0 Å². The summed E-state index contributed by atoms with van der Waals surface area (Å²) < 4.78 is 60.5. The molecule has 6 nitrogen and oxygen atoms in total. The molecule has 4 rings (SSSR count). The minimum atomic E-state index is -4.15. The van der Waals surface area contributed by atoms with E-state index in [0.717, 1.165) is 22.0 Å². The number of amides is 1. The highest BCUT2D eigenvalue weighted by Gasteiger charge is 2.27. The number of benzene rings is 4. The minimum absolute atomic E-state index is 0.00154. The molecule has 1 amide bonds. The van der Waals surface area contributed by atoms with E-state index in [1.165, 1.54) is 30.3 Å². The van der Waals surface area contributed by atoms with Gasteiger partial charge in [0.05, 0.1) is 10.6 Å². The van der Waals surface area contributed by atoms with E-state index in [-0.39, 0.29) is 16.3 Å². The van der Waals surface area contributed by atoms with Crippen molar-refractivity contribution in [3.05, 3.63) is 114 Å². The van der Waals surface area contributed by atoms with Gasteiger partial charge in [0.1, 0.15) is 18.0 Å². The van der Waals surface area contributed by atoms with Crippen LogP contribution in [0.3, 0.4) is 0 Å². The van der Waals surface area contributed by atoms with Gasteiger partial charge in [-0.1, -0.05) is 35.9 Å². The lowest BCUT2D eigenvalue weighted by molar-refractivity contribution is -0.114. The Bertz CT molecular complexity index is 1460. The van der Waals surface area contributed by atoms with Crippen molar-refractivity contribution in [2.24, 2.45) is 0 Å². The van der Waals surface area contributed by atoms with Gasteiger partial charge in [-0.3, -0.25) is 9.10 Å². The quantitative estimate of drug-likeness (QED) is 0.322. The van der Waals surface area contributed by atoms with E-state index < -0.39 is 34.1 Å². The Kier molecular flexibility index (Phi) is 7.30. The fourth-order valence-corrected chi connectivity index (χ4v) is 4.78. The molecule has 0 heterocycles. The van der Waals surface area contributed by atoms with Crippen molar-refractivity contribution in [3.8, 4) is 11.5 Å². The Morgan fingerprint density at radius 3 is 2.11 bits per heavy atom. The van der Waals surface area contributed by atoms with Gasteiger partial charge in [0.2, 0.25) is 5.91 Å². The van der Waals surface area contributed by atoms with Gasteiger partial charge in [0, 0.05) is 11.8 Å². The van der Waals surface area contributed by atoms with Crippen molar-refractivity contribution in [1.82, 2.24) is 0 Å². The van der Waals surface area contributed by atoms with Crippen molar-refractivity contribution in [2.75, 3.05) is 16.2 Å². The molecule has 36 heavy (non-hydrogen) atoms. The summed E-state index contributed by atoms with van der Waals surface area (Å²) in [6, 6.07) is 24.4. The molecule has 0 aromatic heterocycles. The second kappa shape index (κ2) is 10.6. The van der Waals surface area contributed by atoms with E-state index in [1.807, 2.05) is 25.1 Å². The third-order valence-electron chi connectivity index (χ3n) is 5.20. The highest BCUT2D eigenvalue weighted by Crippen LogP contribution is 2.28. The van der Waals surface area contributed by atoms with Gasteiger partial charge in [0.25, 0.3) is 10.0 Å². The topological polar surface area (TPSA) is 75.7 Å². The Morgan fingerprint density at radius 2 is 1.47 bits per heavy atom. The van der Waals surface area contributed by atoms with Gasteiger partial charge >= 0.3 is 0 Å². The average Bonchev–Trinajstić information content (AvgIpc) is 2.86. The van der Waals surface area contributed by atoms with Crippen LogP contribution in [0.4, 0.5) is 20.2 Å². The zero-order valence-electron chi connectivity index (χ0n) is 19.2. The first kappa shape index (κ1) is 24.9. The van der Waals surface area contributed by atoms with Crippen molar-refractivity contribution in [1.29, 1.82) is 0 Å². The highest BCUT2D eigenvalue weighted by molar-refractivity contribution is 7.92. The molecule has 0 saturated carbocycles. The number of rotatable bonds is 8. The summed E-state index contributed by atoms with van der Waals surface area (Å²) in [4.78, 5) is 12.8. The monoisotopic (exact) mass is 508 g/mol. The third kappa shape index (κ3) is 5.87. The van der Waals surface area contributed by atoms with Crippen LogP contribution in [0, 0.1) is 18.6 Å².